The third-order valence-corrected chi connectivity index (χ3v) is 6.63. The molecule has 1 aromatic rings. The van der Waals surface area contributed by atoms with E-state index in [0.29, 0.717) is 24.7 Å². The van der Waals surface area contributed by atoms with Gasteiger partial charge in [0.15, 0.2) is 0 Å². The van der Waals surface area contributed by atoms with Gasteiger partial charge in [0, 0.05) is 30.4 Å². The fraction of sp³-hybridized carbons (Fsp3) is 0.625. The van der Waals surface area contributed by atoms with Crippen molar-refractivity contribution in [3.8, 4) is 0 Å². The monoisotopic (exact) mass is 507 g/mol. The van der Waals surface area contributed by atoms with E-state index in [9.17, 15) is 36.2 Å². The highest BCUT2D eigenvalue weighted by Crippen LogP contribution is 2.36. The molecule has 0 spiro atoms. The highest BCUT2D eigenvalue weighted by molar-refractivity contribution is 5.94. The average molecular weight is 508 g/mol. The number of rotatable bonds is 7. The number of likely N-dealkylation sites (tertiary alicyclic amines) is 1. The average Bonchev–Trinajstić information content (AvgIpc) is 2.78. The number of hydrogen-bond donors (Lipinski definition) is 3. The van der Waals surface area contributed by atoms with Crippen molar-refractivity contribution in [2.45, 2.75) is 63.0 Å². The minimum atomic E-state index is -5.00. The standard InChI is InChI=1S/C24H31F6N3O2/c1-15(32-20-2-4-21(34)5-3-20)14-33-8-6-16(7-9-33)13-31-22(35)17-10-18(23(25,26)27)12-19(11-17)24(28,29)30/h10-12,16,20-21,32,34H,1-9,13-14H2,(H,31,35)/t20-,21-. The van der Waals surface area contributed by atoms with E-state index < -0.39 is 35.0 Å². The van der Waals surface area contributed by atoms with Crippen LogP contribution in [0.5, 0.6) is 0 Å². The molecule has 1 heterocycles. The first-order chi connectivity index (χ1) is 16.3. The van der Waals surface area contributed by atoms with Gasteiger partial charge in [-0.05, 0) is 75.7 Å². The predicted octanol–water partition coefficient (Wildman–Crippen LogP) is 4.57. The van der Waals surface area contributed by atoms with E-state index in [0.717, 1.165) is 57.3 Å². The lowest BCUT2D eigenvalue weighted by Crippen LogP contribution is -2.42. The van der Waals surface area contributed by atoms with E-state index in [2.05, 4.69) is 22.1 Å². The Hall–Kier alpha value is -2.27. The summed E-state index contributed by atoms with van der Waals surface area (Å²) in [5.41, 5.74) is -2.78. The van der Waals surface area contributed by atoms with Crippen LogP contribution in [0, 0.1) is 5.92 Å². The number of carbonyl (C=O) groups is 1. The van der Waals surface area contributed by atoms with Gasteiger partial charge in [-0.1, -0.05) is 6.58 Å². The number of halogens is 6. The van der Waals surface area contributed by atoms with Crippen LogP contribution in [0.4, 0.5) is 26.3 Å². The van der Waals surface area contributed by atoms with Crippen molar-refractivity contribution in [2.24, 2.45) is 5.92 Å². The SMILES string of the molecule is C=C(CN1CCC(CNC(=O)c2cc(C(F)(F)F)cc(C(F)(F)F)c2)CC1)N[C@H]1CC[C@H](O)CC1. The number of hydrogen-bond acceptors (Lipinski definition) is 4. The van der Waals surface area contributed by atoms with Crippen LogP contribution < -0.4 is 10.6 Å². The maximum atomic E-state index is 13.0. The number of carbonyl (C=O) groups excluding carboxylic acids is 1. The Morgan fingerprint density at radius 1 is 0.943 bits per heavy atom. The first-order valence-corrected chi connectivity index (χ1v) is 11.7. The molecule has 0 aromatic heterocycles. The molecule has 0 atom stereocenters. The van der Waals surface area contributed by atoms with E-state index in [4.69, 9.17) is 0 Å². The van der Waals surface area contributed by atoms with Crippen molar-refractivity contribution < 1.29 is 36.2 Å². The number of amides is 1. The molecule has 5 nitrogen and oxygen atoms in total. The molecule has 0 radical (unpaired) electrons. The normalized spacial score (nSPS) is 22.6. The molecule has 2 fully saturated rings. The zero-order chi connectivity index (χ0) is 25.8. The quantitative estimate of drug-likeness (QED) is 0.473. The summed E-state index contributed by atoms with van der Waals surface area (Å²) in [5.74, 6) is -0.886. The predicted molar refractivity (Wildman–Crippen MR) is 118 cm³/mol. The summed E-state index contributed by atoms with van der Waals surface area (Å²) in [5, 5.41) is 15.5. The highest BCUT2D eigenvalue weighted by Gasteiger charge is 2.37. The van der Waals surface area contributed by atoms with Gasteiger partial charge < -0.3 is 15.7 Å². The first-order valence-electron chi connectivity index (χ1n) is 11.7. The van der Waals surface area contributed by atoms with Crippen LogP contribution in [0.1, 0.15) is 60.0 Å². The summed E-state index contributed by atoms with van der Waals surface area (Å²) in [6.45, 7) is 6.42. The molecular weight excluding hydrogens is 476 g/mol. The second kappa shape index (κ2) is 11.2. The van der Waals surface area contributed by atoms with Crippen LogP contribution in [0.3, 0.4) is 0 Å². The molecule has 1 saturated carbocycles. The van der Waals surface area contributed by atoms with Gasteiger partial charge >= 0.3 is 12.4 Å². The molecule has 1 aliphatic heterocycles. The third-order valence-electron chi connectivity index (χ3n) is 6.63. The van der Waals surface area contributed by atoms with E-state index in [1.54, 1.807) is 0 Å². The lowest BCUT2D eigenvalue weighted by atomic mass is 9.93. The summed E-state index contributed by atoms with van der Waals surface area (Å²) < 4.78 is 78.2. The number of piperidine rings is 1. The van der Waals surface area contributed by atoms with Gasteiger partial charge in [0.2, 0.25) is 0 Å². The topological polar surface area (TPSA) is 64.6 Å². The van der Waals surface area contributed by atoms with Crippen molar-refractivity contribution in [1.82, 2.24) is 15.5 Å². The number of benzene rings is 1. The van der Waals surface area contributed by atoms with Crippen LogP contribution in [0.25, 0.3) is 0 Å². The Balaban J connectivity index is 1.46. The number of nitrogens with one attached hydrogen (secondary N) is 2. The van der Waals surface area contributed by atoms with Crippen molar-refractivity contribution in [1.29, 1.82) is 0 Å². The summed E-state index contributed by atoms with van der Waals surface area (Å²) in [6, 6.07) is 1.21. The molecule has 2 aliphatic rings. The van der Waals surface area contributed by atoms with Gasteiger partial charge in [-0.2, -0.15) is 26.3 Å². The summed E-state index contributed by atoms with van der Waals surface area (Å²) in [7, 11) is 0. The molecule has 1 amide bonds. The lowest BCUT2D eigenvalue weighted by Gasteiger charge is -2.34. The fourth-order valence-electron chi connectivity index (χ4n) is 4.60. The van der Waals surface area contributed by atoms with Gasteiger partial charge in [0.25, 0.3) is 5.91 Å². The largest absolute Gasteiger partial charge is 0.416 e. The Morgan fingerprint density at radius 3 is 2.00 bits per heavy atom. The summed E-state index contributed by atoms with van der Waals surface area (Å²) in [6.07, 6.45) is -5.39. The van der Waals surface area contributed by atoms with Crippen molar-refractivity contribution in [3.63, 3.8) is 0 Å². The first kappa shape index (κ1) is 27.3. The maximum Gasteiger partial charge on any atom is 0.416 e. The van der Waals surface area contributed by atoms with Crippen LogP contribution in [-0.4, -0.2) is 54.2 Å². The number of alkyl halides is 6. The molecule has 3 rings (SSSR count). The van der Waals surface area contributed by atoms with E-state index in [1.807, 2.05) is 0 Å². The molecule has 3 N–H and O–H groups in total. The fourth-order valence-corrected chi connectivity index (χ4v) is 4.60. The van der Waals surface area contributed by atoms with Gasteiger partial charge in [0.1, 0.15) is 0 Å². The lowest BCUT2D eigenvalue weighted by molar-refractivity contribution is -0.143. The molecule has 11 heteroatoms. The van der Waals surface area contributed by atoms with E-state index in [-0.39, 0.29) is 24.6 Å². The van der Waals surface area contributed by atoms with Crippen LogP contribution in [0.15, 0.2) is 30.5 Å². The van der Waals surface area contributed by atoms with Gasteiger partial charge in [-0.3, -0.25) is 9.69 Å². The van der Waals surface area contributed by atoms with Gasteiger partial charge in [-0.15, -0.1) is 0 Å². The third kappa shape index (κ3) is 8.13. The Morgan fingerprint density at radius 2 is 1.49 bits per heavy atom. The highest BCUT2D eigenvalue weighted by atomic mass is 19.4. The van der Waals surface area contributed by atoms with Crippen molar-refractivity contribution in [2.75, 3.05) is 26.2 Å². The number of aliphatic hydroxyl groups excluding tert-OH is 1. The number of nitrogens with zero attached hydrogens (tertiary/aromatic N) is 1. The Kier molecular flexibility index (Phi) is 8.74. The minimum Gasteiger partial charge on any atom is -0.393 e. The molecule has 0 bridgehead atoms. The van der Waals surface area contributed by atoms with Crippen LogP contribution in [-0.2, 0) is 12.4 Å². The molecule has 1 aromatic carbocycles. The van der Waals surface area contributed by atoms with Gasteiger partial charge in [-0.25, -0.2) is 0 Å². The summed E-state index contributed by atoms with van der Waals surface area (Å²) >= 11 is 0. The van der Waals surface area contributed by atoms with E-state index >= 15 is 0 Å². The molecular formula is C24H31F6N3O2. The summed E-state index contributed by atoms with van der Waals surface area (Å²) in [4.78, 5) is 14.6. The van der Waals surface area contributed by atoms with Crippen LogP contribution in [0.2, 0.25) is 0 Å². The molecule has 1 aliphatic carbocycles. The van der Waals surface area contributed by atoms with Crippen molar-refractivity contribution in [3.05, 3.63) is 47.2 Å². The zero-order valence-electron chi connectivity index (χ0n) is 19.3. The second-order valence-electron chi connectivity index (χ2n) is 9.48. The molecule has 35 heavy (non-hydrogen) atoms. The maximum absolute atomic E-state index is 13.0. The number of aliphatic hydroxyl groups is 1. The smallest absolute Gasteiger partial charge is 0.393 e. The minimum absolute atomic E-state index is 0.00679. The van der Waals surface area contributed by atoms with E-state index in [1.165, 1.54) is 0 Å². The molecule has 196 valence electrons. The Labute approximate surface area is 200 Å². The molecule has 1 saturated heterocycles. The zero-order valence-corrected chi connectivity index (χ0v) is 19.3. The molecule has 0 unspecified atom stereocenters. The second-order valence-corrected chi connectivity index (χ2v) is 9.48. The van der Waals surface area contributed by atoms with Crippen LogP contribution >= 0.6 is 0 Å². The van der Waals surface area contributed by atoms with Gasteiger partial charge in [0.05, 0.1) is 17.2 Å². The van der Waals surface area contributed by atoms with Crippen molar-refractivity contribution >= 4 is 5.91 Å². The Bertz CT molecular complexity index is 854.